The number of anilines is 1. The molecule has 0 atom stereocenters. The predicted octanol–water partition coefficient (Wildman–Crippen LogP) is 2.21. The van der Waals surface area contributed by atoms with Gasteiger partial charge in [-0.3, -0.25) is 4.79 Å². The Bertz CT molecular complexity index is 789. The second kappa shape index (κ2) is 6.96. The molecule has 1 fully saturated rings. The number of hydrogen-bond donors (Lipinski definition) is 1. The van der Waals surface area contributed by atoms with Gasteiger partial charge in [-0.15, -0.1) is 0 Å². The third-order valence-corrected chi connectivity index (χ3v) is 4.26. The molecule has 0 unspecified atom stereocenters. The summed E-state index contributed by atoms with van der Waals surface area (Å²) < 4.78 is 18.6. The van der Waals surface area contributed by atoms with Gasteiger partial charge in [0.25, 0.3) is 5.91 Å². The van der Waals surface area contributed by atoms with Gasteiger partial charge < -0.3 is 19.6 Å². The molecule has 3 rings (SSSR count). The molecule has 1 aromatic heterocycles. The number of aromatic nitrogens is 1. The summed E-state index contributed by atoms with van der Waals surface area (Å²) in [6.07, 6.45) is 1.56. The van der Waals surface area contributed by atoms with Crippen molar-refractivity contribution in [2.45, 2.75) is 6.92 Å². The van der Waals surface area contributed by atoms with E-state index in [0.29, 0.717) is 31.9 Å². The molecule has 7 heteroatoms. The summed E-state index contributed by atoms with van der Waals surface area (Å²) in [7, 11) is 1.50. The molecule has 1 aromatic carbocycles. The van der Waals surface area contributed by atoms with E-state index < -0.39 is 0 Å². The van der Waals surface area contributed by atoms with Gasteiger partial charge in [-0.25, -0.2) is 9.37 Å². The van der Waals surface area contributed by atoms with Gasteiger partial charge in [0.15, 0.2) is 5.69 Å². The summed E-state index contributed by atoms with van der Waals surface area (Å²) in [5, 5.41) is 9.94. The molecule has 0 bridgehead atoms. The second-order valence-corrected chi connectivity index (χ2v) is 5.98. The number of aryl methyl sites for hydroxylation is 1. The zero-order chi connectivity index (χ0) is 18.0. The van der Waals surface area contributed by atoms with Crippen LogP contribution in [0, 0.1) is 12.7 Å². The van der Waals surface area contributed by atoms with Crippen molar-refractivity contribution in [3.63, 3.8) is 0 Å². The van der Waals surface area contributed by atoms with Crippen LogP contribution in [-0.2, 0) is 0 Å². The van der Waals surface area contributed by atoms with E-state index in [4.69, 9.17) is 4.74 Å². The number of carbonyl (C=O) groups is 1. The van der Waals surface area contributed by atoms with Crippen molar-refractivity contribution in [2.24, 2.45) is 0 Å². The number of rotatable bonds is 3. The molecule has 0 saturated carbocycles. The first-order chi connectivity index (χ1) is 12.0. The van der Waals surface area contributed by atoms with Gasteiger partial charge in [0.05, 0.1) is 12.8 Å². The summed E-state index contributed by atoms with van der Waals surface area (Å²) in [6.45, 7) is 3.93. The minimum absolute atomic E-state index is 0.0680. The van der Waals surface area contributed by atoms with Crippen LogP contribution in [0.4, 0.5) is 10.1 Å². The maximum Gasteiger partial charge on any atom is 0.276 e. The van der Waals surface area contributed by atoms with Gasteiger partial charge in [-0.05, 0) is 30.7 Å². The standard InChI is InChI=1S/C18H20FN3O3/c1-12-9-15(23)17(20-11-12)18(24)22-7-5-21(6-8-22)14-4-3-13(19)10-16(14)25-2/h3-4,9-11,23H,5-8H2,1-2H3. The molecule has 0 radical (unpaired) electrons. The van der Waals surface area contributed by atoms with Crippen LogP contribution in [-0.4, -0.2) is 54.2 Å². The zero-order valence-corrected chi connectivity index (χ0v) is 14.2. The Morgan fingerprint density at radius 2 is 1.96 bits per heavy atom. The fourth-order valence-corrected chi connectivity index (χ4v) is 2.93. The van der Waals surface area contributed by atoms with Crippen LogP contribution in [0.25, 0.3) is 0 Å². The van der Waals surface area contributed by atoms with Gasteiger partial charge in [0.2, 0.25) is 0 Å². The van der Waals surface area contributed by atoms with Crippen LogP contribution in [0.3, 0.4) is 0 Å². The molecule has 25 heavy (non-hydrogen) atoms. The Morgan fingerprint density at radius 1 is 1.24 bits per heavy atom. The van der Waals surface area contributed by atoms with E-state index in [1.807, 2.05) is 4.90 Å². The second-order valence-electron chi connectivity index (χ2n) is 5.98. The van der Waals surface area contributed by atoms with E-state index in [2.05, 4.69) is 4.98 Å². The highest BCUT2D eigenvalue weighted by Crippen LogP contribution is 2.30. The van der Waals surface area contributed by atoms with Gasteiger partial charge in [0, 0.05) is 38.4 Å². The lowest BCUT2D eigenvalue weighted by Gasteiger charge is -2.36. The van der Waals surface area contributed by atoms with Crippen LogP contribution in [0.5, 0.6) is 11.5 Å². The van der Waals surface area contributed by atoms with E-state index in [0.717, 1.165) is 11.3 Å². The van der Waals surface area contributed by atoms with Crippen molar-refractivity contribution in [3.05, 3.63) is 47.5 Å². The highest BCUT2D eigenvalue weighted by molar-refractivity contribution is 5.95. The lowest BCUT2D eigenvalue weighted by molar-refractivity contribution is 0.0737. The highest BCUT2D eigenvalue weighted by atomic mass is 19.1. The number of piperazine rings is 1. The third-order valence-electron chi connectivity index (χ3n) is 4.26. The third kappa shape index (κ3) is 3.50. The first-order valence-corrected chi connectivity index (χ1v) is 8.03. The fourth-order valence-electron chi connectivity index (χ4n) is 2.93. The first kappa shape index (κ1) is 17.0. The van der Waals surface area contributed by atoms with Gasteiger partial charge >= 0.3 is 0 Å². The fraction of sp³-hybridized carbons (Fsp3) is 0.333. The quantitative estimate of drug-likeness (QED) is 0.924. The Labute approximate surface area is 145 Å². The Balaban J connectivity index is 1.70. The summed E-state index contributed by atoms with van der Waals surface area (Å²) in [4.78, 5) is 20.3. The predicted molar refractivity (Wildman–Crippen MR) is 91.7 cm³/mol. The number of amides is 1. The van der Waals surface area contributed by atoms with E-state index in [-0.39, 0.29) is 23.2 Å². The highest BCUT2D eigenvalue weighted by Gasteiger charge is 2.26. The molecule has 1 amide bonds. The van der Waals surface area contributed by atoms with Crippen molar-refractivity contribution < 1.29 is 19.0 Å². The molecule has 1 N–H and O–H groups in total. The number of benzene rings is 1. The number of aromatic hydroxyl groups is 1. The van der Waals surface area contributed by atoms with Crippen LogP contribution in [0.15, 0.2) is 30.5 Å². The smallest absolute Gasteiger partial charge is 0.276 e. The monoisotopic (exact) mass is 345 g/mol. The summed E-state index contributed by atoms with van der Waals surface area (Å²) in [5.74, 6) is -0.274. The molecular formula is C18H20FN3O3. The Kier molecular flexibility index (Phi) is 4.74. The van der Waals surface area contributed by atoms with Crippen molar-refractivity contribution in [1.29, 1.82) is 0 Å². The Morgan fingerprint density at radius 3 is 2.60 bits per heavy atom. The van der Waals surface area contributed by atoms with E-state index in [1.54, 1.807) is 24.1 Å². The number of pyridine rings is 1. The van der Waals surface area contributed by atoms with E-state index >= 15 is 0 Å². The number of nitrogens with zero attached hydrogens (tertiary/aromatic N) is 3. The number of ether oxygens (including phenoxy) is 1. The minimum atomic E-state index is -0.352. The van der Waals surface area contributed by atoms with Crippen LogP contribution >= 0.6 is 0 Å². The molecule has 1 saturated heterocycles. The van der Waals surface area contributed by atoms with Gasteiger partial charge in [0.1, 0.15) is 17.3 Å². The largest absolute Gasteiger partial charge is 0.505 e. The number of hydrogen-bond acceptors (Lipinski definition) is 5. The SMILES string of the molecule is COc1cc(F)ccc1N1CCN(C(=O)c2ncc(C)cc2O)CC1. The molecule has 0 spiro atoms. The van der Waals surface area contributed by atoms with Crippen molar-refractivity contribution in [1.82, 2.24) is 9.88 Å². The topological polar surface area (TPSA) is 65.9 Å². The molecule has 2 heterocycles. The minimum Gasteiger partial charge on any atom is -0.505 e. The molecule has 6 nitrogen and oxygen atoms in total. The Hall–Kier alpha value is -2.83. The lowest BCUT2D eigenvalue weighted by atomic mass is 10.2. The average Bonchev–Trinajstić information content (AvgIpc) is 2.61. The van der Waals surface area contributed by atoms with E-state index in [1.165, 1.54) is 25.3 Å². The van der Waals surface area contributed by atoms with Crippen molar-refractivity contribution in [2.75, 3.05) is 38.2 Å². The van der Waals surface area contributed by atoms with Crippen molar-refractivity contribution in [3.8, 4) is 11.5 Å². The maximum absolute atomic E-state index is 13.3. The number of halogens is 1. The van der Waals surface area contributed by atoms with Gasteiger partial charge in [-0.2, -0.15) is 0 Å². The summed E-state index contributed by atoms with van der Waals surface area (Å²) >= 11 is 0. The molecule has 1 aliphatic rings. The average molecular weight is 345 g/mol. The molecule has 132 valence electrons. The molecule has 1 aliphatic heterocycles. The van der Waals surface area contributed by atoms with Crippen LogP contribution < -0.4 is 9.64 Å². The van der Waals surface area contributed by atoms with Crippen molar-refractivity contribution >= 4 is 11.6 Å². The van der Waals surface area contributed by atoms with Crippen LogP contribution in [0.1, 0.15) is 16.1 Å². The summed E-state index contributed by atoms with van der Waals surface area (Å²) in [6, 6.07) is 5.95. The maximum atomic E-state index is 13.3. The van der Waals surface area contributed by atoms with Gasteiger partial charge in [-0.1, -0.05) is 0 Å². The van der Waals surface area contributed by atoms with Crippen LogP contribution in [0.2, 0.25) is 0 Å². The zero-order valence-electron chi connectivity index (χ0n) is 14.2. The lowest BCUT2D eigenvalue weighted by Crippen LogP contribution is -2.49. The molecule has 2 aromatic rings. The normalized spacial score (nSPS) is 14.5. The molecular weight excluding hydrogens is 325 g/mol. The summed E-state index contributed by atoms with van der Waals surface area (Å²) in [5.41, 5.74) is 1.66. The first-order valence-electron chi connectivity index (χ1n) is 8.03. The number of carbonyl (C=O) groups excluding carboxylic acids is 1. The number of methoxy groups -OCH3 is 1. The van der Waals surface area contributed by atoms with E-state index in [9.17, 15) is 14.3 Å². The molecule has 0 aliphatic carbocycles.